The number of carbonyl (C=O) groups is 1. The summed E-state index contributed by atoms with van der Waals surface area (Å²) < 4.78 is 24.2. The monoisotopic (exact) mass is 324 g/mol. The maximum absolute atomic E-state index is 12.0. The summed E-state index contributed by atoms with van der Waals surface area (Å²) in [7, 11) is -3.14. The van der Waals surface area contributed by atoms with Gasteiger partial charge in [-0.2, -0.15) is 0 Å². The van der Waals surface area contributed by atoms with Crippen LogP contribution in [0.1, 0.15) is 42.7 Å². The van der Waals surface area contributed by atoms with Gasteiger partial charge in [-0.05, 0) is 42.7 Å². The first kappa shape index (κ1) is 17.0. The molecule has 1 aromatic carbocycles. The Balaban J connectivity index is 1.74. The Morgan fingerprint density at radius 3 is 2.82 bits per heavy atom. The molecular formula is C16H24N2O3S. The molecule has 0 radical (unpaired) electrons. The molecular weight excluding hydrogens is 300 g/mol. The largest absolute Gasteiger partial charge is 0.356 e. The van der Waals surface area contributed by atoms with Crippen molar-refractivity contribution < 1.29 is 13.2 Å². The summed E-state index contributed by atoms with van der Waals surface area (Å²) in [6.45, 7) is 0.848. The topological polar surface area (TPSA) is 75.3 Å². The van der Waals surface area contributed by atoms with Gasteiger partial charge in [0.05, 0.1) is 6.26 Å². The number of aryl methyl sites for hydroxylation is 1. The van der Waals surface area contributed by atoms with Crippen LogP contribution in [0.4, 0.5) is 0 Å². The lowest BCUT2D eigenvalue weighted by Gasteiger charge is -2.25. The van der Waals surface area contributed by atoms with Crippen molar-refractivity contribution in [1.82, 2.24) is 10.0 Å². The zero-order valence-electron chi connectivity index (χ0n) is 13.0. The van der Waals surface area contributed by atoms with Gasteiger partial charge in [0.2, 0.25) is 15.9 Å². The van der Waals surface area contributed by atoms with Crippen molar-refractivity contribution in [3.8, 4) is 0 Å². The normalized spacial score (nSPS) is 17.8. The van der Waals surface area contributed by atoms with Gasteiger partial charge in [-0.15, -0.1) is 0 Å². The highest BCUT2D eigenvalue weighted by atomic mass is 32.2. The van der Waals surface area contributed by atoms with Crippen molar-refractivity contribution in [3.05, 3.63) is 35.4 Å². The lowest BCUT2D eigenvalue weighted by atomic mass is 9.81. The van der Waals surface area contributed by atoms with Crippen LogP contribution in [0.15, 0.2) is 24.3 Å². The van der Waals surface area contributed by atoms with E-state index in [0.717, 1.165) is 25.5 Å². The first-order valence-electron chi connectivity index (χ1n) is 7.75. The maximum atomic E-state index is 12.0. The third-order valence-corrected chi connectivity index (χ3v) is 4.69. The molecule has 0 aromatic heterocycles. The van der Waals surface area contributed by atoms with Crippen LogP contribution >= 0.6 is 0 Å². The van der Waals surface area contributed by atoms with Gasteiger partial charge in [-0.25, -0.2) is 13.1 Å². The minimum Gasteiger partial charge on any atom is -0.356 e. The molecule has 0 fully saturated rings. The fourth-order valence-electron chi connectivity index (χ4n) is 2.94. The van der Waals surface area contributed by atoms with Crippen molar-refractivity contribution in [3.63, 3.8) is 0 Å². The van der Waals surface area contributed by atoms with Crippen molar-refractivity contribution in [2.45, 2.75) is 38.0 Å². The summed E-state index contributed by atoms with van der Waals surface area (Å²) in [4.78, 5) is 12.0. The third kappa shape index (κ3) is 5.42. The minimum atomic E-state index is -3.14. The summed E-state index contributed by atoms with van der Waals surface area (Å²) in [5.41, 5.74) is 2.67. The van der Waals surface area contributed by atoms with Gasteiger partial charge >= 0.3 is 0 Å². The average molecular weight is 324 g/mol. The first-order valence-corrected chi connectivity index (χ1v) is 9.64. The number of nitrogens with one attached hydrogen (secondary N) is 2. The summed E-state index contributed by atoms with van der Waals surface area (Å²) in [6.07, 6.45) is 5.53. The molecule has 0 heterocycles. The molecule has 0 saturated carbocycles. The van der Waals surface area contributed by atoms with E-state index in [1.54, 1.807) is 0 Å². The SMILES string of the molecule is CS(=O)(=O)NCCCNC(=O)C[C@@H]1CCCc2ccccc21. The number of fused-ring (bicyclic) bond motifs is 1. The molecule has 2 rings (SSSR count). The fourth-order valence-corrected chi connectivity index (χ4v) is 3.45. The summed E-state index contributed by atoms with van der Waals surface area (Å²) in [5.74, 6) is 0.347. The Labute approximate surface area is 132 Å². The summed E-state index contributed by atoms with van der Waals surface area (Å²) in [5, 5.41) is 2.87. The standard InChI is InChI=1S/C16H24N2O3S/c1-22(20,21)18-11-5-10-17-16(19)12-14-8-4-7-13-6-2-3-9-15(13)14/h2-3,6,9,14,18H,4-5,7-8,10-12H2,1H3,(H,17,19)/t14-/m0/s1. The number of hydrogen-bond acceptors (Lipinski definition) is 3. The van der Waals surface area contributed by atoms with Crippen LogP contribution in [0.2, 0.25) is 0 Å². The number of rotatable bonds is 7. The highest BCUT2D eigenvalue weighted by Crippen LogP contribution is 2.33. The van der Waals surface area contributed by atoms with Crippen molar-refractivity contribution >= 4 is 15.9 Å². The van der Waals surface area contributed by atoms with E-state index in [0.29, 0.717) is 31.8 Å². The minimum absolute atomic E-state index is 0.0426. The summed E-state index contributed by atoms with van der Waals surface area (Å²) in [6, 6.07) is 8.36. The molecule has 1 aliphatic carbocycles. The van der Waals surface area contributed by atoms with Crippen LogP contribution < -0.4 is 10.0 Å². The van der Waals surface area contributed by atoms with Gasteiger partial charge in [0.1, 0.15) is 0 Å². The molecule has 22 heavy (non-hydrogen) atoms. The van der Waals surface area contributed by atoms with E-state index in [9.17, 15) is 13.2 Å². The highest BCUT2D eigenvalue weighted by Gasteiger charge is 2.21. The van der Waals surface area contributed by atoms with Crippen LogP contribution in [0.5, 0.6) is 0 Å². The predicted molar refractivity (Wildman–Crippen MR) is 87.2 cm³/mol. The van der Waals surface area contributed by atoms with Crippen molar-refractivity contribution in [2.75, 3.05) is 19.3 Å². The third-order valence-electron chi connectivity index (χ3n) is 3.97. The number of hydrogen-bond donors (Lipinski definition) is 2. The van der Waals surface area contributed by atoms with E-state index >= 15 is 0 Å². The van der Waals surface area contributed by atoms with E-state index in [1.807, 2.05) is 6.07 Å². The second-order valence-corrected chi connectivity index (χ2v) is 7.70. The van der Waals surface area contributed by atoms with Crippen molar-refractivity contribution in [1.29, 1.82) is 0 Å². The Kier molecular flexibility index (Phi) is 5.97. The Morgan fingerprint density at radius 1 is 1.27 bits per heavy atom. The Bertz CT molecular complexity index is 614. The molecule has 0 bridgehead atoms. The van der Waals surface area contributed by atoms with Gasteiger partial charge < -0.3 is 5.32 Å². The van der Waals surface area contributed by atoms with Crippen LogP contribution in [0, 0.1) is 0 Å². The van der Waals surface area contributed by atoms with Gasteiger partial charge in [-0.1, -0.05) is 24.3 Å². The molecule has 0 saturated heterocycles. The molecule has 1 amide bonds. The second-order valence-electron chi connectivity index (χ2n) is 5.86. The molecule has 0 spiro atoms. The number of sulfonamides is 1. The van der Waals surface area contributed by atoms with Crippen LogP contribution in [0.3, 0.4) is 0 Å². The van der Waals surface area contributed by atoms with E-state index in [1.165, 1.54) is 11.1 Å². The quantitative estimate of drug-likeness (QED) is 0.747. The van der Waals surface area contributed by atoms with Gasteiger partial charge in [0.15, 0.2) is 0 Å². The molecule has 122 valence electrons. The molecule has 0 aliphatic heterocycles. The highest BCUT2D eigenvalue weighted by molar-refractivity contribution is 7.88. The van der Waals surface area contributed by atoms with Gasteiger partial charge in [0.25, 0.3) is 0 Å². The molecule has 0 unspecified atom stereocenters. The van der Waals surface area contributed by atoms with Gasteiger partial charge in [-0.3, -0.25) is 4.79 Å². The maximum Gasteiger partial charge on any atom is 0.220 e. The molecule has 1 atom stereocenters. The second kappa shape index (κ2) is 7.74. The fraction of sp³-hybridized carbons (Fsp3) is 0.562. The van der Waals surface area contributed by atoms with E-state index in [4.69, 9.17) is 0 Å². The zero-order valence-corrected chi connectivity index (χ0v) is 13.8. The van der Waals surface area contributed by atoms with Crippen LogP contribution in [-0.2, 0) is 21.2 Å². The predicted octanol–water partition coefficient (Wildman–Crippen LogP) is 1.55. The smallest absolute Gasteiger partial charge is 0.220 e. The number of amides is 1. The van der Waals surface area contributed by atoms with Gasteiger partial charge in [0, 0.05) is 19.5 Å². The van der Waals surface area contributed by atoms with E-state index in [-0.39, 0.29) is 5.91 Å². The number of benzene rings is 1. The Morgan fingerprint density at radius 2 is 2.05 bits per heavy atom. The number of carbonyl (C=O) groups excluding carboxylic acids is 1. The van der Waals surface area contributed by atoms with E-state index < -0.39 is 10.0 Å². The first-order chi connectivity index (χ1) is 10.5. The zero-order chi connectivity index (χ0) is 16.0. The van der Waals surface area contributed by atoms with Crippen molar-refractivity contribution in [2.24, 2.45) is 0 Å². The molecule has 1 aliphatic rings. The van der Waals surface area contributed by atoms with Crippen LogP contribution in [-0.4, -0.2) is 33.7 Å². The molecule has 1 aromatic rings. The molecule has 2 N–H and O–H groups in total. The molecule has 6 heteroatoms. The van der Waals surface area contributed by atoms with Crippen LogP contribution in [0.25, 0.3) is 0 Å². The lowest BCUT2D eigenvalue weighted by molar-refractivity contribution is -0.121. The summed E-state index contributed by atoms with van der Waals surface area (Å²) >= 11 is 0. The van der Waals surface area contributed by atoms with E-state index in [2.05, 4.69) is 28.2 Å². The lowest BCUT2D eigenvalue weighted by Crippen LogP contribution is -2.30. The average Bonchev–Trinajstić information content (AvgIpc) is 2.46. The Hall–Kier alpha value is -1.40. The molecule has 5 nitrogen and oxygen atoms in total.